The normalized spacial score (nSPS) is 19.8. The number of nitro groups is 1. The van der Waals surface area contributed by atoms with Crippen LogP contribution in [0.25, 0.3) is 0 Å². The van der Waals surface area contributed by atoms with E-state index in [9.17, 15) is 18.5 Å². The highest BCUT2D eigenvalue weighted by Crippen LogP contribution is 2.27. The molecular formula is C18H30IN5O4S. The van der Waals surface area contributed by atoms with Gasteiger partial charge in [0.2, 0.25) is 0 Å². The number of nitrogens with zero attached hydrogens (tertiary/aromatic N) is 2. The summed E-state index contributed by atoms with van der Waals surface area (Å²) in [6, 6.07) is 4.28. The fourth-order valence-corrected chi connectivity index (χ4v) is 3.85. The minimum Gasteiger partial charge on any atom is -0.378 e. The second-order valence-corrected chi connectivity index (χ2v) is 9.25. The Morgan fingerprint density at radius 1 is 1.24 bits per heavy atom. The highest BCUT2D eigenvalue weighted by atomic mass is 127. The van der Waals surface area contributed by atoms with E-state index >= 15 is 0 Å². The van der Waals surface area contributed by atoms with Crippen LogP contribution in [-0.2, 0) is 9.84 Å². The van der Waals surface area contributed by atoms with Crippen molar-refractivity contribution < 1.29 is 13.3 Å². The topological polar surface area (TPSA) is 126 Å². The first kappa shape index (κ1) is 25.4. The van der Waals surface area contributed by atoms with Gasteiger partial charge in [-0.25, -0.2) is 8.42 Å². The monoisotopic (exact) mass is 539 g/mol. The first-order valence-electron chi connectivity index (χ1n) is 9.40. The van der Waals surface area contributed by atoms with Crippen LogP contribution in [0.15, 0.2) is 28.1 Å². The van der Waals surface area contributed by atoms with Crippen molar-refractivity contribution in [2.75, 3.05) is 31.7 Å². The molecule has 164 valence electrons. The van der Waals surface area contributed by atoms with Gasteiger partial charge in [-0.05, 0) is 43.7 Å². The number of hydrogen-bond donors (Lipinski definition) is 3. The van der Waals surface area contributed by atoms with Gasteiger partial charge in [0.05, 0.1) is 9.82 Å². The molecule has 0 aromatic heterocycles. The molecule has 0 heterocycles. The summed E-state index contributed by atoms with van der Waals surface area (Å²) in [4.78, 5) is 14.8. The molecule has 0 unspecified atom stereocenters. The number of aliphatic imine (C=N–C) groups is 1. The quantitative estimate of drug-likeness (QED) is 0.122. The fraction of sp³-hybridized carbons (Fsp3) is 0.611. The van der Waals surface area contributed by atoms with E-state index in [0.717, 1.165) is 31.1 Å². The molecule has 0 radical (unpaired) electrons. The molecule has 0 atom stereocenters. The summed E-state index contributed by atoms with van der Waals surface area (Å²) in [5.74, 6) is 1.49. The number of halogens is 1. The van der Waals surface area contributed by atoms with Crippen LogP contribution in [0.5, 0.6) is 0 Å². The van der Waals surface area contributed by atoms with Gasteiger partial charge in [0.15, 0.2) is 15.8 Å². The van der Waals surface area contributed by atoms with E-state index in [1.807, 2.05) is 0 Å². The fourth-order valence-electron chi connectivity index (χ4n) is 3.21. The number of benzene rings is 1. The van der Waals surface area contributed by atoms with Crippen molar-refractivity contribution in [3.63, 3.8) is 0 Å². The Hall–Kier alpha value is -1.63. The van der Waals surface area contributed by atoms with Crippen LogP contribution in [0, 0.1) is 16.0 Å². The molecule has 11 heteroatoms. The highest BCUT2D eigenvalue weighted by Gasteiger charge is 2.20. The Morgan fingerprint density at radius 2 is 1.90 bits per heavy atom. The molecule has 0 saturated heterocycles. The molecule has 1 aromatic rings. The van der Waals surface area contributed by atoms with E-state index in [2.05, 4.69) is 27.9 Å². The number of hydrogen-bond acceptors (Lipinski definition) is 6. The standard InChI is InChI=1S/C18H29N5O4S.HI/c1-13-4-6-14(7-5-13)22-18(19-2)21-11-10-20-16-9-8-15(28(3,26)27)12-17(16)23(24)25;/h8-9,12-14,20H,4-7,10-11H2,1-3H3,(H2,19,21,22);1H. The first-order valence-corrected chi connectivity index (χ1v) is 11.3. The molecule has 1 fully saturated rings. The van der Waals surface area contributed by atoms with Gasteiger partial charge in [0.1, 0.15) is 5.69 Å². The van der Waals surface area contributed by atoms with E-state index in [4.69, 9.17) is 0 Å². The molecule has 1 aromatic carbocycles. The van der Waals surface area contributed by atoms with E-state index in [1.54, 1.807) is 7.05 Å². The third-order valence-corrected chi connectivity index (χ3v) is 6.02. The molecule has 0 bridgehead atoms. The second-order valence-electron chi connectivity index (χ2n) is 7.24. The van der Waals surface area contributed by atoms with Crippen molar-refractivity contribution in [3.8, 4) is 0 Å². The van der Waals surface area contributed by atoms with Gasteiger partial charge in [0, 0.05) is 38.5 Å². The van der Waals surface area contributed by atoms with Crippen LogP contribution in [-0.4, -0.2) is 51.7 Å². The maximum Gasteiger partial charge on any atom is 0.293 e. The summed E-state index contributed by atoms with van der Waals surface area (Å²) in [7, 11) is -1.79. The number of nitro benzene ring substituents is 1. The van der Waals surface area contributed by atoms with Gasteiger partial charge in [0.25, 0.3) is 5.69 Å². The summed E-state index contributed by atoms with van der Waals surface area (Å²) in [6.45, 7) is 3.20. The summed E-state index contributed by atoms with van der Waals surface area (Å²) in [6.07, 6.45) is 5.69. The zero-order chi connectivity index (χ0) is 20.7. The summed E-state index contributed by atoms with van der Waals surface area (Å²) < 4.78 is 23.2. The third kappa shape index (κ3) is 7.96. The smallest absolute Gasteiger partial charge is 0.293 e. The predicted molar refractivity (Wildman–Crippen MR) is 126 cm³/mol. The Bertz CT molecular complexity index is 824. The summed E-state index contributed by atoms with van der Waals surface area (Å²) in [5, 5.41) is 20.8. The maximum atomic E-state index is 11.6. The van der Waals surface area contributed by atoms with Crippen molar-refractivity contribution in [3.05, 3.63) is 28.3 Å². The van der Waals surface area contributed by atoms with E-state index in [1.165, 1.54) is 25.0 Å². The van der Waals surface area contributed by atoms with Crippen molar-refractivity contribution in [1.29, 1.82) is 0 Å². The number of anilines is 1. The Labute approximate surface area is 189 Å². The van der Waals surface area contributed by atoms with Gasteiger partial charge in [-0.1, -0.05) is 6.92 Å². The number of rotatable bonds is 7. The zero-order valence-corrected chi connectivity index (χ0v) is 20.1. The second kappa shape index (κ2) is 11.5. The van der Waals surface area contributed by atoms with Gasteiger partial charge in [-0.15, -0.1) is 24.0 Å². The summed E-state index contributed by atoms with van der Waals surface area (Å²) >= 11 is 0. The van der Waals surface area contributed by atoms with Gasteiger partial charge >= 0.3 is 0 Å². The molecular weight excluding hydrogens is 509 g/mol. The van der Waals surface area contributed by atoms with Gasteiger partial charge in [-0.3, -0.25) is 15.1 Å². The average Bonchev–Trinajstić information content (AvgIpc) is 2.64. The Morgan fingerprint density at radius 3 is 2.45 bits per heavy atom. The van der Waals surface area contributed by atoms with E-state index in [0.29, 0.717) is 25.1 Å². The number of guanidine groups is 1. The number of nitrogens with one attached hydrogen (secondary N) is 3. The predicted octanol–water partition coefficient (Wildman–Crippen LogP) is 2.77. The van der Waals surface area contributed by atoms with Crippen LogP contribution in [0.3, 0.4) is 0 Å². The van der Waals surface area contributed by atoms with Crippen LogP contribution in [0.2, 0.25) is 0 Å². The molecule has 0 aliphatic heterocycles. The van der Waals surface area contributed by atoms with Crippen molar-refractivity contribution in [2.24, 2.45) is 10.9 Å². The molecule has 9 nitrogen and oxygen atoms in total. The minimum atomic E-state index is -3.50. The van der Waals surface area contributed by atoms with Crippen LogP contribution < -0.4 is 16.0 Å². The third-order valence-electron chi connectivity index (χ3n) is 4.91. The molecule has 0 amide bonds. The van der Waals surface area contributed by atoms with Crippen molar-refractivity contribution in [1.82, 2.24) is 10.6 Å². The van der Waals surface area contributed by atoms with Crippen LogP contribution in [0.1, 0.15) is 32.6 Å². The maximum absolute atomic E-state index is 11.6. The molecule has 3 N–H and O–H groups in total. The largest absolute Gasteiger partial charge is 0.378 e. The summed E-state index contributed by atoms with van der Waals surface area (Å²) in [5.41, 5.74) is 0.0187. The van der Waals surface area contributed by atoms with E-state index in [-0.39, 0.29) is 40.2 Å². The SMILES string of the molecule is CN=C(NCCNc1ccc(S(C)(=O)=O)cc1[N+](=O)[O-])NC1CCC(C)CC1.I. The minimum absolute atomic E-state index is 0. The lowest BCUT2D eigenvalue weighted by Crippen LogP contribution is -2.45. The molecule has 2 rings (SSSR count). The molecule has 0 spiro atoms. The molecule has 29 heavy (non-hydrogen) atoms. The van der Waals surface area contributed by atoms with Crippen molar-refractivity contribution in [2.45, 2.75) is 43.5 Å². The van der Waals surface area contributed by atoms with Gasteiger partial charge < -0.3 is 16.0 Å². The highest BCUT2D eigenvalue weighted by molar-refractivity contribution is 14.0. The van der Waals surface area contributed by atoms with Crippen molar-refractivity contribution >= 4 is 51.1 Å². The van der Waals surface area contributed by atoms with Crippen LogP contribution >= 0.6 is 24.0 Å². The molecule has 1 aliphatic rings. The van der Waals surface area contributed by atoms with Gasteiger partial charge in [-0.2, -0.15) is 0 Å². The lowest BCUT2D eigenvalue weighted by atomic mass is 9.87. The molecule has 1 aliphatic carbocycles. The zero-order valence-electron chi connectivity index (χ0n) is 17.0. The van der Waals surface area contributed by atoms with E-state index < -0.39 is 14.8 Å². The Kier molecular flexibility index (Phi) is 10.1. The Balaban J connectivity index is 0.00000420. The lowest BCUT2D eigenvalue weighted by molar-refractivity contribution is -0.384. The average molecular weight is 539 g/mol. The first-order chi connectivity index (χ1) is 13.2. The number of sulfone groups is 1. The van der Waals surface area contributed by atoms with Crippen LogP contribution in [0.4, 0.5) is 11.4 Å². The lowest BCUT2D eigenvalue weighted by Gasteiger charge is -2.28. The molecule has 1 saturated carbocycles.